The molecule has 0 aliphatic heterocycles. The average Bonchev–Trinajstić information content (AvgIpc) is 3.33. The Morgan fingerprint density at radius 1 is 0.725 bits per heavy atom. The van der Waals surface area contributed by atoms with Crippen molar-refractivity contribution in [3.63, 3.8) is 0 Å². The van der Waals surface area contributed by atoms with Gasteiger partial charge in [0.05, 0.1) is 0 Å². The zero-order chi connectivity index (χ0) is 30.6. The Labute approximate surface area is 248 Å². The fourth-order valence-electron chi connectivity index (χ4n) is 4.02. The quantitative estimate of drug-likeness (QED) is 0.201. The fourth-order valence-corrected chi connectivity index (χ4v) is 4.02. The number of allylic oxidation sites excluding steroid dienone is 6. The van der Waals surface area contributed by atoms with Crippen LogP contribution in [0.25, 0.3) is 21.8 Å². The molecule has 0 atom stereocenters. The smallest absolute Gasteiger partial charge is 0.0494 e. The Hall–Kier alpha value is -3.04. The van der Waals surface area contributed by atoms with Gasteiger partial charge in [0.25, 0.3) is 0 Å². The molecule has 1 N–H and O–H groups in total. The van der Waals surface area contributed by atoms with Gasteiger partial charge >= 0.3 is 0 Å². The first-order valence-corrected chi connectivity index (χ1v) is 15.5. The Balaban J connectivity index is 0. The third-order valence-electron chi connectivity index (χ3n) is 6.04. The molecule has 1 heterocycles. The van der Waals surface area contributed by atoms with Gasteiger partial charge in [-0.2, -0.15) is 0 Å². The molecule has 0 saturated carbocycles. The molecule has 3 nitrogen and oxygen atoms in total. The summed E-state index contributed by atoms with van der Waals surface area (Å²) in [6, 6.07) is 15.4. The number of aryl methyl sites for hydroxylation is 1. The van der Waals surface area contributed by atoms with Crippen molar-refractivity contribution < 1.29 is 0 Å². The molecule has 0 aliphatic carbocycles. The van der Waals surface area contributed by atoms with Crippen LogP contribution in [0.2, 0.25) is 0 Å². The van der Waals surface area contributed by atoms with Gasteiger partial charge in [0, 0.05) is 41.4 Å². The number of hydrogen-bond donors (Lipinski definition) is 1. The molecule has 0 saturated heterocycles. The van der Waals surface area contributed by atoms with E-state index in [0.29, 0.717) is 0 Å². The molecule has 0 bridgehead atoms. The SMILES string of the molecule is C/C=C/CN/C=C/C.C/C=C\C/C=C/C.CC.CC.CCN(CC)CCn1c2ccccc2c2c(C)cccc21. The summed E-state index contributed by atoms with van der Waals surface area (Å²) in [5.74, 6) is 0. The topological polar surface area (TPSA) is 20.2 Å². The standard InChI is InChI=1S/C19H24N2.C7H13N.C7H12.2C2H6/c1-4-20(5-2)13-14-21-17-11-7-6-10-16(17)19-15(3)9-8-12-18(19)21;1-3-5-7-8-6-4-2;1-3-5-7-6-4-2;2*1-2/h6-12H,4-5,13-14H2,1-3H3;3-6,8H,7H2,1-2H3;3-6H,7H2,1-2H3;2*1-2H3/b;5-3+,6-4+;5-3-,6-4+;;. The van der Waals surface area contributed by atoms with Crippen molar-refractivity contribution in [3.05, 3.63) is 96.8 Å². The molecule has 0 radical (unpaired) electrons. The Bertz CT molecular complexity index is 1070. The fraction of sp³-hybridized carbons (Fsp3) is 0.459. The van der Waals surface area contributed by atoms with Crippen molar-refractivity contribution in [3.8, 4) is 0 Å². The lowest BCUT2D eigenvalue weighted by molar-refractivity contribution is 0.293. The Morgan fingerprint density at radius 3 is 1.85 bits per heavy atom. The van der Waals surface area contributed by atoms with Crippen molar-refractivity contribution in [2.75, 3.05) is 26.2 Å². The first kappa shape index (κ1) is 39.1. The second kappa shape index (κ2) is 27.5. The summed E-state index contributed by atoms with van der Waals surface area (Å²) in [6.45, 7) is 28.1. The third kappa shape index (κ3) is 14.9. The predicted molar refractivity (Wildman–Crippen MR) is 187 cm³/mol. The summed E-state index contributed by atoms with van der Waals surface area (Å²) < 4.78 is 2.48. The molecule has 3 aromatic rings. The van der Waals surface area contributed by atoms with Crippen LogP contribution in [0.5, 0.6) is 0 Å². The van der Waals surface area contributed by atoms with Crippen molar-refractivity contribution in [2.24, 2.45) is 0 Å². The molecule has 1 aromatic heterocycles. The minimum atomic E-state index is 0.931. The molecule has 2 aromatic carbocycles. The van der Waals surface area contributed by atoms with E-state index in [1.165, 1.54) is 27.4 Å². The lowest BCUT2D eigenvalue weighted by atomic mass is 10.1. The Kier molecular flexibility index (Phi) is 26.9. The highest BCUT2D eigenvalue weighted by molar-refractivity contribution is 6.09. The second-order valence-corrected chi connectivity index (χ2v) is 8.52. The van der Waals surface area contributed by atoms with Gasteiger partial charge in [-0.3, -0.25) is 0 Å². The van der Waals surface area contributed by atoms with Gasteiger partial charge in [0.15, 0.2) is 0 Å². The number of para-hydroxylation sites is 1. The van der Waals surface area contributed by atoms with Gasteiger partial charge in [-0.25, -0.2) is 0 Å². The van der Waals surface area contributed by atoms with E-state index < -0.39 is 0 Å². The number of nitrogens with one attached hydrogen (secondary N) is 1. The number of fused-ring (bicyclic) bond motifs is 3. The van der Waals surface area contributed by atoms with Crippen LogP contribution in [0.15, 0.2) is 91.2 Å². The maximum atomic E-state index is 3.07. The minimum absolute atomic E-state index is 0.931. The van der Waals surface area contributed by atoms with Gasteiger partial charge in [0.2, 0.25) is 0 Å². The maximum Gasteiger partial charge on any atom is 0.0494 e. The highest BCUT2D eigenvalue weighted by Gasteiger charge is 2.12. The highest BCUT2D eigenvalue weighted by Crippen LogP contribution is 2.31. The van der Waals surface area contributed by atoms with Crippen molar-refractivity contribution in [1.29, 1.82) is 0 Å². The van der Waals surface area contributed by atoms with Crippen molar-refractivity contribution in [2.45, 2.75) is 89.1 Å². The number of benzene rings is 2. The minimum Gasteiger partial charge on any atom is -0.388 e. The molecule has 0 fully saturated rings. The summed E-state index contributed by atoms with van der Waals surface area (Å²) in [5.41, 5.74) is 4.09. The van der Waals surface area contributed by atoms with Crippen molar-refractivity contribution >= 4 is 21.8 Å². The molecule has 3 heteroatoms. The van der Waals surface area contributed by atoms with E-state index in [4.69, 9.17) is 0 Å². The van der Waals surface area contributed by atoms with E-state index in [-0.39, 0.29) is 0 Å². The van der Waals surface area contributed by atoms with E-state index in [2.05, 4.69) is 108 Å². The van der Waals surface area contributed by atoms with Crippen molar-refractivity contribution in [1.82, 2.24) is 14.8 Å². The first-order valence-electron chi connectivity index (χ1n) is 15.5. The normalized spacial score (nSPS) is 10.8. The van der Waals surface area contributed by atoms with Crippen LogP contribution in [0, 0.1) is 6.92 Å². The highest BCUT2D eigenvalue weighted by atomic mass is 15.1. The monoisotopic (exact) mass is 547 g/mol. The van der Waals surface area contributed by atoms with Gasteiger partial charge in [0.1, 0.15) is 0 Å². The first-order chi connectivity index (χ1) is 19.6. The summed E-state index contributed by atoms with van der Waals surface area (Å²) >= 11 is 0. The number of likely N-dealkylation sites (N-methyl/N-ethyl adjacent to an activating group) is 1. The summed E-state index contributed by atoms with van der Waals surface area (Å²) in [6.07, 6.45) is 17.4. The van der Waals surface area contributed by atoms with Crippen LogP contribution in [0.4, 0.5) is 0 Å². The lowest BCUT2D eigenvalue weighted by Gasteiger charge is -2.19. The summed E-state index contributed by atoms with van der Waals surface area (Å²) in [7, 11) is 0. The zero-order valence-corrected chi connectivity index (χ0v) is 27.8. The molecule has 0 unspecified atom stereocenters. The molecule has 3 rings (SSSR count). The lowest BCUT2D eigenvalue weighted by Crippen LogP contribution is -2.26. The van der Waals surface area contributed by atoms with Crippen LogP contribution in [-0.4, -0.2) is 35.6 Å². The van der Waals surface area contributed by atoms with Crippen LogP contribution >= 0.6 is 0 Å². The summed E-state index contributed by atoms with van der Waals surface area (Å²) in [4.78, 5) is 2.48. The van der Waals surface area contributed by atoms with E-state index in [1.54, 1.807) is 0 Å². The van der Waals surface area contributed by atoms with Crippen LogP contribution in [-0.2, 0) is 6.54 Å². The number of rotatable bonds is 10. The van der Waals surface area contributed by atoms with E-state index in [1.807, 2.05) is 73.7 Å². The number of aromatic nitrogens is 1. The van der Waals surface area contributed by atoms with E-state index in [9.17, 15) is 0 Å². The second-order valence-electron chi connectivity index (χ2n) is 8.52. The number of hydrogen-bond acceptors (Lipinski definition) is 2. The number of nitrogens with zero attached hydrogens (tertiary/aromatic N) is 2. The average molecular weight is 548 g/mol. The molecular formula is C37H61N3. The van der Waals surface area contributed by atoms with Gasteiger partial charge in [-0.05, 0) is 78.0 Å². The van der Waals surface area contributed by atoms with E-state index >= 15 is 0 Å². The third-order valence-corrected chi connectivity index (χ3v) is 6.04. The predicted octanol–water partition coefficient (Wildman–Crippen LogP) is 10.7. The van der Waals surface area contributed by atoms with Gasteiger partial charge in [-0.15, -0.1) is 0 Å². The van der Waals surface area contributed by atoms with Crippen LogP contribution < -0.4 is 5.32 Å². The summed E-state index contributed by atoms with van der Waals surface area (Å²) in [5, 5.41) is 5.86. The van der Waals surface area contributed by atoms with E-state index in [0.717, 1.165) is 39.1 Å². The zero-order valence-electron chi connectivity index (χ0n) is 27.8. The van der Waals surface area contributed by atoms with Crippen LogP contribution in [0.1, 0.15) is 81.2 Å². The van der Waals surface area contributed by atoms with Gasteiger partial charge < -0.3 is 14.8 Å². The molecule has 0 amide bonds. The van der Waals surface area contributed by atoms with Crippen LogP contribution in [0.3, 0.4) is 0 Å². The molecule has 0 aliphatic rings. The van der Waals surface area contributed by atoms with Gasteiger partial charge in [-0.1, -0.05) is 114 Å². The molecular weight excluding hydrogens is 486 g/mol. The molecule has 224 valence electrons. The molecule has 0 spiro atoms. The molecule has 40 heavy (non-hydrogen) atoms. The Morgan fingerprint density at radius 2 is 1.30 bits per heavy atom. The largest absolute Gasteiger partial charge is 0.388 e. The maximum absolute atomic E-state index is 3.07.